The second-order valence-electron chi connectivity index (χ2n) is 6.53. The van der Waals surface area contributed by atoms with Crippen LogP contribution in [0.5, 0.6) is 0 Å². The maximum Gasteiger partial charge on any atom is 0.0787 e. The lowest BCUT2D eigenvalue weighted by molar-refractivity contribution is -0.0713. The van der Waals surface area contributed by atoms with Crippen LogP contribution in [-0.2, 0) is 4.74 Å². The Morgan fingerprint density at radius 1 is 1.24 bits per heavy atom. The van der Waals surface area contributed by atoms with E-state index in [0.29, 0.717) is 12.6 Å². The topological polar surface area (TPSA) is 41.5 Å². The van der Waals surface area contributed by atoms with E-state index in [1.165, 1.54) is 0 Å². The summed E-state index contributed by atoms with van der Waals surface area (Å²) in [6, 6.07) is 0.308. The first kappa shape index (κ1) is 14.9. The molecular weight excluding hydrogens is 214 g/mol. The van der Waals surface area contributed by atoms with Crippen molar-refractivity contribution in [3.63, 3.8) is 0 Å². The molecule has 0 aromatic rings. The summed E-state index contributed by atoms with van der Waals surface area (Å²) in [4.78, 5) is 0. The molecule has 0 spiro atoms. The molecule has 0 amide bonds. The molecule has 2 N–H and O–H groups in total. The molecule has 1 aliphatic rings. The fourth-order valence-corrected chi connectivity index (χ4v) is 2.69. The highest BCUT2D eigenvalue weighted by molar-refractivity contribution is 4.99. The summed E-state index contributed by atoms with van der Waals surface area (Å²) >= 11 is 0. The Labute approximate surface area is 106 Å². The van der Waals surface area contributed by atoms with E-state index in [1.807, 2.05) is 13.8 Å². The second-order valence-corrected chi connectivity index (χ2v) is 6.53. The van der Waals surface area contributed by atoms with Crippen LogP contribution in [0.25, 0.3) is 0 Å². The van der Waals surface area contributed by atoms with Crippen molar-refractivity contribution in [2.75, 3.05) is 6.54 Å². The zero-order valence-electron chi connectivity index (χ0n) is 12.3. The Balaban J connectivity index is 2.58. The Kier molecular flexibility index (Phi) is 4.28. The Morgan fingerprint density at radius 2 is 1.76 bits per heavy atom. The van der Waals surface area contributed by atoms with Gasteiger partial charge in [0.2, 0.25) is 0 Å². The van der Waals surface area contributed by atoms with Gasteiger partial charge in [-0.1, -0.05) is 13.8 Å². The van der Waals surface area contributed by atoms with E-state index < -0.39 is 5.60 Å². The molecule has 0 bridgehead atoms. The Morgan fingerprint density at radius 3 is 2.12 bits per heavy atom. The van der Waals surface area contributed by atoms with Crippen LogP contribution in [0, 0.1) is 0 Å². The highest BCUT2D eigenvalue weighted by Gasteiger charge is 2.46. The van der Waals surface area contributed by atoms with Gasteiger partial charge in [-0.25, -0.2) is 0 Å². The number of rotatable bonds is 5. The summed E-state index contributed by atoms with van der Waals surface area (Å²) in [6.07, 6.45) is 2.56. The molecule has 1 unspecified atom stereocenters. The van der Waals surface area contributed by atoms with E-state index in [9.17, 15) is 5.11 Å². The van der Waals surface area contributed by atoms with E-state index in [1.54, 1.807) is 0 Å². The van der Waals surface area contributed by atoms with Gasteiger partial charge in [0, 0.05) is 12.6 Å². The van der Waals surface area contributed by atoms with Crippen molar-refractivity contribution in [2.24, 2.45) is 0 Å². The summed E-state index contributed by atoms with van der Waals surface area (Å²) in [5, 5.41) is 13.8. The number of aliphatic hydroxyl groups is 1. The van der Waals surface area contributed by atoms with E-state index in [2.05, 4.69) is 33.0 Å². The Hall–Kier alpha value is -0.120. The van der Waals surface area contributed by atoms with Crippen LogP contribution in [0.4, 0.5) is 0 Å². The minimum atomic E-state index is -0.581. The smallest absolute Gasteiger partial charge is 0.0787 e. The number of hydrogen-bond donors (Lipinski definition) is 2. The third-order valence-electron chi connectivity index (χ3n) is 4.07. The highest BCUT2D eigenvalue weighted by Crippen LogP contribution is 2.37. The fraction of sp³-hybridized carbons (Fsp3) is 1.00. The van der Waals surface area contributed by atoms with Crippen LogP contribution >= 0.6 is 0 Å². The highest BCUT2D eigenvalue weighted by atomic mass is 16.5. The SMILES string of the molecule is CCC(O)(CC)CNC1CC(C)(C)OC1(C)C. The summed E-state index contributed by atoms with van der Waals surface area (Å²) in [5.41, 5.74) is -0.813. The lowest BCUT2D eigenvalue weighted by Crippen LogP contribution is -2.49. The lowest BCUT2D eigenvalue weighted by atomic mass is 9.92. The van der Waals surface area contributed by atoms with Gasteiger partial charge in [-0.15, -0.1) is 0 Å². The zero-order valence-corrected chi connectivity index (χ0v) is 12.3. The van der Waals surface area contributed by atoms with E-state index in [4.69, 9.17) is 4.74 Å². The summed E-state index contributed by atoms with van der Waals surface area (Å²) in [5.74, 6) is 0. The molecule has 0 aliphatic carbocycles. The quantitative estimate of drug-likeness (QED) is 0.779. The van der Waals surface area contributed by atoms with Crippen LogP contribution in [0.2, 0.25) is 0 Å². The van der Waals surface area contributed by atoms with Crippen molar-refractivity contribution in [3.05, 3.63) is 0 Å². The molecule has 1 aliphatic heterocycles. The van der Waals surface area contributed by atoms with E-state index in [-0.39, 0.29) is 11.2 Å². The maximum atomic E-state index is 10.3. The lowest BCUT2D eigenvalue weighted by Gasteiger charge is -2.32. The first-order valence-electron chi connectivity index (χ1n) is 6.80. The monoisotopic (exact) mass is 243 g/mol. The summed E-state index contributed by atoms with van der Waals surface area (Å²) in [6.45, 7) is 13.2. The van der Waals surface area contributed by atoms with Crippen LogP contribution in [0.15, 0.2) is 0 Å². The average Bonchev–Trinajstić information content (AvgIpc) is 2.43. The largest absolute Gasteiger partial charge is 0.389 e. The van der Waals surface area contributed by atoms with Crippen LogP contribution < -0.4 is 5.32 Å². The van der Waals surface area contributed by atoms with Gasteiger partial charge in [0.25, 0.3) is 0 Å². The molecule has 3 heteroatoms. The molecule has 1 rings (SSSR count). The first-order chi connectivity index (χ1) is 7.64. The van der Waals surface area contributed by atoms with Gasteiger partial charge in [-0.2, -0.15) is 0 Å². The minimum Gasteiger partial charge on any atom is -0.389 e. The molecule has 1 saturated heterocycles. The predicted octanol–water partition coefficient (Wildman–Crippen LogP) is 2.47. The van der Waals surface area contributed by atoms with Gasteiger partial charge in [-0.05, 0) is 47.0 Å². The molecule has 1 heterocycles. The summed E-state index contributed by atoms with van der Waals surface area (Å²) < 4.78 is 6.04. The maximum absolute atomic E-state index is 10.3. The van der Waals surface area contributed by atoms with Crippen LogP contribution in [0.1, 0.15) is 60.8 Å². The average molecular weight is 243 g/mol. The molecule has 1 atom stereocenters. The third kappa shape index (κ3) is 3.67. The first-order valence-corrected chi connectivity index (χ1v) is 6.80. The van der Waals surface area contributed by atoms with Gasteiger partial charge in [0.1, 0.15) is 0 Å². The van der Waals surface area contributed by atoms with Crippen molar-refractivity contribution in [2.45, 2.75) is 83.6 Å². The second kappa shape index (κ2) is 4.87. The molecule has 102 valence electrons. The molecule has 3 nitrogen and oxygen atoms in total. The number of hydrogen-bond acceptors (Lipinski definition) is 3. The third-order valence-corrected chi connectivity index (χ3v) is 4.07. The normalized spacial score (nSPS) is 27.4. The molecule has 0 aromatic heterocycles. The summed E-state index contributed by atoms with van der Waals surface area (Å²) in [7, 11) is 0. The molecule has 17 heavy (non-hydrogen) atoms. The Bertz CT molecular complexity index is 257. The van der Waals surface area contributed by atoms with Gasteiger partial charge in [0.05, 0.1) is 16.8 Å². The van der Waals surface area contributed by atoms with Crippen molar-refractivity contribution < 1.29 is 9.84 Å². The van der Waals surface area contributed by atoms with Crippen molar-refractivity contribution in [1.29, 1.82) is 0 Å². The van der Waals surface area contributed by atoms with Crippen LogP contribution in [0.3, 0.4) is 0 Å². The fourth-order valence-electron chi connectivity index (χ4n) is 2.69. The van der Waals surface area contributed by atoms with Gasteiger partial charge < -0.3 is 15.2 Å². The number of ether oxygens (including phenoxy) is 1. The van der Waals surface area contributed by atoms with Gasteiger partial charge in [-0.3, -0.25) is 0 Å². The standard InChI is InChI=1S/C14H29NO2/c1-7-14(16,8-2)10-15-11-9-12(3,4)17-13(11,5)6/h11,15-16H,7-10H2,1-6H3. The van der Waals surface area contributed by atoms with Crippen molar-refractivity contribution in [1.82, 2.24) is 5.32 Å². The van der Waals surface area contributed by atoms with Gasteiger partial charge >= 0.3 is 0 Å². The molecule has 1 fully saturated rings. The van der Waals surface area contributed by atoms with Crippen LogP contribution in [-0.4, -0.2) is 34.5 Å². The number of nitrogens with one attached hydrogen (secondary N) is 1. The van der Waals surface area contributed by atoms with E-state index in [0.717, 1.165) is 19.3 Å². The molecule has 0 aromatic carbocycles. The zero-order chi connectivity index (χ0) is 13.3. The van der Waals surface area contributed by atoms with Crippen molar-refractivity contribution >= 4 is 0 Å². The predicted molar refractivity (Wildman–Crippen MR) is 71.2 cm³/mol. The molecule has 0 radical (unpaired) electrons. The van der Waals surface area contributed by atoms with E-state index >= 15 is 0 Å². The van der Waals surface area contributed by atoms with Crippen molar-refractivity contribution in [3.8, 4) is 0 Å². The molecule has 0 saturated carbocycles. The minimum absolute atomic E-state index is 0.0717. The molecular formula is C14H29NO2. The van der Waals surface area contributed by atoms with Gasteiger partial charge in [0.15, 0.2) is 0 Å².